The lowest BCUT2D eigenvalue weighted by atomic mass is 9.99. The second-order valence-corrected chi connectivity index (χ2v) is 13.3. The van der Waals surface area contributed by atoms with Crippen molar-refractivity contribution in [3.05, 3.63) is 160 Å². The lowest BCUT2D eigenvalue weighted by molar-refractivity contribution is -0.245. The highest BCUT2D eigenvalue weighted by molar-refractivity contribution is 7.99. The van der Waals surface area contributed by atoms with Crippen molar-refractivity contribution < 1.29 is 41.3 Å². The number of thioether (sulfide) groups is 1. The Balaban J connectivity index is 1.06. The highest BCUT2D eigenvalue weighted by Gasteiger charge is 2.33. The fourth-order valence-corrected chi connectivity index (χ4v) is 6.87. The van der Waals surface area contributed by atoms with Crippen molar-refractivity contribution in [3.8, 4) is 16.8 Å². The van der Waals surface area contributed by atoms with Crippen LogP contribution in [0, 0.1) is 29.1 Å². The lowest BCUT2D eigenvalue weighted by Crippen LogP contribution is -2.31. The number of aliphatic hydroxyl groups is 1. The average molecular weight is 760 g/mol. The molecule has 0 aliphatic carbocycles. The SMILES string of the molecule is O=C(NCc1cccc(-c2ccc([C@@H]3O[C@H](CSc4nnnn4-c4ccccc4)C[C@H](c4ccc(CO)cc4)O3)cc2)c1)c1c(F)c(F)c(F)c(F)c1F. The first-order valence-electron chi connectivity index (χ1n) is 16.7. The zero-order chi connectivity index (χ0) is 37.8. The topological polar surface area (TPSA) is 111 Å². The number of rotatable bonds is 11. The van der Waals surface area contributed by atoms with Gasteiger partial charge in [-0.3, -0.25) is 4.79 Å². The summed E-state index contributed by atoms with van der Waals surface area (Å²) in [7, 11) is 0. The van der Waals surface area contributed by atoms with E-state index in [1.165, 1.54) is 11.8 Å². The molecule has 1 aliphatic heterocycles. The van der Waals surface area contributed by atoms with Crippen LogP contribution in [0.2, 0.25) is 0 Å². The van der Waals surface area contributed by atoms with Gasteiger partial charge in [0, 0.05) is 24.3 Å². The van der Waals surface area contributed by atoms with Crippen LogP contribution in [-0.2, 0) is 22.6 Å². The van der Waals surface area contributed by atoms with Gasteiger partial charge in [0.25, 0.3) is 5.91 Å². The van der Waals surface area contributed by atoms with Crippen LogP contribution in [-0.4, -0.2) is 43.1 Å². The van der Waals surface area contributed by atoms with E-state index in [1.807, 2.05) is 84.9 Å². The van der Waals surface area contributed by atoms with Gasteiger partial charge >= 0.3 is 0 Å². The van der Waals surface area contributed by atoms with Crippen molar-refractivity contribution in [3.63, 3.8) is 0 Å². The Hall–Kier alpha value is -5.48. The van der Waals surface area contributed by atoms with Crippen LogP contribution in [0.5, 0.6) is 0 Å². The number of carbonyl (C=O) groups is 1. The van der Waals surface area contributed by atoms with Crippen LogP contribution in [0.25, 0.3) is 16.8 Å². The third-order valence-electron chi connectivity index (χ3n) is 8.79. The first-order valence-corrected chi connectivity index (χ1v) is 17.6. The third-order valence-corrected chi connectivity index (χ3v) is 9.84. The quantitative estimate of drug-likeness (QED) is 0.0597. The Morgan fingerprint density at radius 2 is 1.46 bits per heavy atom. The number of hydrogen-bond acceptors (Lipinski definition) is 8. The summed E-state index contributed by atoms with van der Waals surface area (Å²) in [6.07, 6.45) is -0.743. The van der Waals surface area contributed by atoms with E-state index in [9.17, 15) is 31.9 Å². The Bertz CT molecular complexity index is 2230. The van der Waals surface area contributed by atoms with E-state index in [0.29, 0.717) is 22.9 Å². The summed E-state index contributed by atoms with van der Waals surface area (Å²) in [5.74, 6) is -12.1. The molecule has 3 atom stereocenters. The van der Waals surface area contributed by atoms with Gasteiger partial charge in [-0.25, -0.2) is 22.0 Å². The van der Waals surface area contributed by atoms with Gasteiger partial charge in [-0.2, -0.15) is 4.68 Å². The molecule has 2 heterocycles. The first kappa shape index (κ1) is 36.9. The van der Waals surface area contributed by atoms with Crippen LogP contribution in [0.15, 0.2) is 108 Å². The second-order valence-electron chi connectivity index (χ2n) is 12.3. The van der Waals surface area contributed by atoms with Crippen molar-refractivity contribution in [1.82, 2.24) is 25.5 Å². The second kappa shape index (κ2) is 16.3. The van der Waals surface area contributed by atoms with Crippen molar-refractivity contribution in [2.75, 3.05) is 5.75 Å². The number of tetrazole rings is 1. The predicted molar refractivity (Wildman–Crippen MR) is 188 cm³/mol. The molecule has 1 aromatic heterocycles. The van der Waals surface area contributed by atoms with Crippen molar-refractivity contribution >= 4 is 17.7 Å². The van der Waals surface area contributed by atoms with Crippen molar-refractivity contribution in [2.24, 2.45) is 0 Å². The maximum absolute atomic E-state index is 14.1. The van der Waals surface area contributed by atoms with E-state index < -0.39 is 46.8 Å². The van der Waals surface area contributed by atoms with Gasteiger partial charge in [-0.05, 0) is 56.4 Å². The summed E-state index contributed by atoms with van der Waals surface area (Å²) >= 11 is 1.47. The minimum atomic E-state index is -2.34. The Morgan fingerprint density at radius 3 is 2.17 bits per heavy atom. The number of para-hydroxylation sites is 1. The average Bonchev–Trinajstić information content (AvgIpc) is 3.70. The van der Waals surface area contributed by atoms with Crippen LogP contribution < -0.4 is 5.32 Å². The fraction of sp³-hybridized carbons (Fsp3) is 0.179. The van der Waals surface area contributed by atoms with Crippen LogP contribution in [0.3, 0.4) is 0 Å². The standard InChI is InChI=1S/C39H30F5N5O4S/c40-32-31(33(41)35(43)36(44)34(32)42)37(51)45-19-23-5-4-6-27(17-23)24-13-15-26(16-14-24)38-52-29(18-30(53-38)25-11-9-22(20-50)10-12-25)21-54-39-46-47-48-49(39)28-7-2-1-3-8-28/h1-17,29-30,38,50H,18-21H2,(H,45,51)/t29-,30+,38+/m0/s1. The molecule has 1 aliphatic rings. The number of carbonyl (C=O) groups excluding carboxylic acids is 1. The Labute approximate surface area is 309 Å². The van der Waals surface area contributed by atoms with E-state index in [0.717, 1.165) is 33.5 Å². The highest BCUT2D eigenvalue weighted by Crippen LogP contribution is 2.40. The van der Waals surface area contributed by atoms with E-state index >= 15 is 0 Å². The molecule has 7 rings (SSSR count). The number of ether oxygens (including phenoxy) is 2. The molecule has 1 amide bonds. The molecular formula is C39H30F5N5O4S. The van der Waals surface area contributed by atoms with Gasteiger partial charge in [-0.1, -0.05) is 96.7 Å². The number of nitrogens with one attached hydrogen (secondary N) is 1. The summed E-state index contributed by atoms with van der Waals surface area (Å²) < 4.78 is 83.6. The fourth-order valence-electron chi connectivity index (χ4n) is 5.96. The van der Waals surface area contributed by atoms with Crippen molar-refractivity contribution in [1.29, 1.82) is 0 Å². The maximum Gasteiger partial charge on any atom is 0.257 e. The van der Waals surface area contributed by atoms with Gasteiger partial charge in [0.1, 0.15) is 5.56 Å². The molecule has 54 heavy (non-hydrogen) atoms. The number of aromatic nitrogens is 4. The Kier molecular flexibility index (Phi) is 11.1. The number of amides is 1. The zero-order valence-corrected chi connectivity index (χ0v) is 29.0. The Morgan fingerprint density at radius 1 is 0.778 bits per heavy atom. The summed E-state index contributed by atoms with van der Waals surface area (Å²) in [6, 6.07) is 31.5. The molecule has 0 unspecified atom stereocenters. The molecule has 15 heteroatoms. The number of hydrogen-bond donors (Lipinski definition) is 2. The van der Waals surface area contributed by atoms with Gasteiger partial charge in [0.05, 0.1) is 24.5 Å². The minimum Gasteiger partial charge on any atom is -0.392 e. The molecule has 0 bridgehead atoms. The van der Waals surface area contributed by atoms with Gasteiger partial charge in [0.15, 0.2) is 29.6 Å². The largest absolute Gasteiger partial charge is 0.392 e. The monoisotopic (exact) mass is 759 g/mol. The molecule has 1 fully saturated rings. The molecule has 0 saturated carbocycles. The molecule has 0 spiro atoms. The van der Waals surface area contributed by atoms with E-state index in [-0.39, 0.29) is 25.4 Å². The smallest absolute Gasteiger partial charge is 0.257 e. The number of benzene rings is 5. The predicted octanol–water partition coefficient (Wildman–Crippen LogP) is 7.78. The minimum absolute atomic E-state index is 0.0742. The van der Waals surface area contributed by atoms with Crippen LogP contribution in [0.4, 0.5) is 22.0 Å². The molecule has 9 nitrogen and oxygen atoms in total. The maximum atomic E-state index is 14.1. The van der Waals surface area contributed by atoms with Crippen LogP contribution in [0.1, 0.15) is 51.4 Å². The molecule has 1 saturated heterocycles. The number of nitrogens with zero attached hydrogens (tertiary/aromatic N) is 4. The molecular weight excluding hydrogens is 730 g/mol. The van der Waals surface area contributed by atoms with Crippen LogP contribution >= 0.6 is 11.8 Å². The molecule has 276 valence electrons. The molecule has 0 radical (unpaired) electrons. The molecule has 2 N–H and O–H groups in total. The molecule has 5 aromatic carbocycles. The summed E-state index contributed by atoms with van der Waals surface area (Å²) in [4.78, 5) is 12.5. The summed E-state index contributed by atoms with van der Waals surface area (Å²) in [5.41, 5.74) is 3.80. The van der Waals surface area contributed by atoms with E-state index in [1.54, 1.807) is 22.9 Å². The number of aliphatic hydroxyl groups excluding tert-OH is 1. The van der Waals surface area contributed by atoms with E-state index in [2.05, 4.69) is 20.8 Å². The van der Waals surface area contributed by atoms with Crippen molar-refractivity contribution in [2.45, 2.75) is 43.2 Å². The third kappa shape index (κ3) is 7.89. The van der Waals surface area contributed by atoms with E-state index in [4.69, 9.17) is 9.47 Å². The highest BCUT2D eigenvalue weighted by atomic mass is 32.2. The summed E-state index contributed by atoms with van der Waals surface area (Å²) in [6.45, 7) is -0.318. The zero-order valence-electron chi connectivity index (χ0n) is 28.1. The van der Waals surface area contributed by atoms with Gasteiger partial charge < -0.3 is 19.9 Å². The number of halogens is 5. The van der Waals surface area contributed by atoms with Gasteiger partial charge in [-0.15, -0.1) is 5.10 Å². The lowest BCUT2D eigenvalue weighted by Gasteiger charge is -2.36. The van der Waals surface area contributed by atoms with Gasteiger partial charge in [0.2, 0.25) is 11.0 Å². The normalized spacial score (nSPS) is 17.0. The first-order chi connectivity index (χ1) is 26.2. The summed E-state index contributed by atoms with van der Waals surface area (Å²) in [5, 5.41) is 24.6. The molecule has 6 aromatic rings.